The highest BCUT2D eigenvalue weighted by atomic mass is 32.2. The topological polar surface area (TPSA) is 72.7 Å². The van der Waals surface area contributed by atoms with E-state index in [0.29, 0.717) is 5.13 Å². The number of rotatable bonds is 11. The van der Waals surface area contributed by atoms with Gasteiger partial charge in [-0.05, 0) is 6.42 Å². The van der Waals surface area contributed by atoms with Gasteiger partial charge in [-0.25, -0.2) is 4.98 Å². The van der Waals surface area contributed by atoms with Crippen LogP contribution in [0.4, 0.5) is 5.13 Å². The van der Waals surface area contributed by atoms with Gasteiger partial charge in [0.25, 0.3) is 0 Å². The Kier molecular flexibility index (Phi) is 8.25. The van der Waals surface area contributed by atoms with E-state index in [-0.39, 0.29) is 11.7 Å². The van der Waals surface area contributed by atoms with Crippen LogP contribution in [-0.4, -0.2) is 31.4 Å². The third-order valence-corrected chi connectivity index (χ3v) is 6.36. The molecule has 8 heteroatoms. The van der Waals surface area contributed by atoms with Crippen LogP contribution < -0.4 is 5.32 Å². The summed E-state index contributed by atoms with van der Waals surface area (Å²) < 4.78 is 1.99. The van der Waals surface area contributed by atoms with Crippen molar-refractivity contribution in [3.8, 4) is 11.3 Å². The van der Waals surface area contributed by atoms with Crippen molar-refractivity contribution in [2.45, 2.75) is 50.6 Å². The van der Waals surface area contributed by atoms with Crippen LogP contribution in [0.25, 0.3) is 11.3 Å². The minimum atomic E-state index is -0.0897. The molecule has 3 aromatic rings. The number of nitrogens with zero attached hydrogens (tertiary/aromatic N) is 4. The Labute approximate surface area is 180 Å². The summed E-state index contributed by atoms with van der Waals surface area (Å²) in [5.41, 5.74) is 1.91. The second-order valence-corrected chi connectivity index (χ2v) is 8.66. The number of carbonyl (C=O) groups excluding carboxylic acids is 1. The van der Waals surface area contributed by atoms with E-state index in [9.17, 15) is 4.79 Å². The van der Waals surface area contributed by atoms with E-state index in [1.807, 2.05) is 47.3 Å². The normalized spacial score (nSPS) is 11.0. The number of amides is 1. The number of hydrogen-bond donors (Lipinski definition) is 1. The van der Waals surface area contributed by atoms with Crippen molar-refractivity contribution >= 4 is 34.1 Å². The number of nitrogens with one attached hydrogen (secondary N) is 1. The molecule has 1 N–H and O–H groups in total. The summed E-state index contributed by atoms with van der Waals surface area (Å²) in [4.78, 5) is 16.8. The van der Waals surface area contributed by atoms with Gasteiger partial charge >= 0.3 is 0 Å². The lowest BCUT2D eigenvalue weighted by atomic mass is 10.1. The SMILES string of the molecule is CCCCCCCc1nnc(SCC(=O)Nc2nc(-c3ccccc3)cs2)n1C. The van der Waals surface area contributed by atoms with Crippen LogP contribution in [0.15, 0.2) is 40.9 Å². The molecule has 0 aliphatic carbocycles. The molecule has 0 atom stereocenters. The summed E-state index contributed by atoms with van der Waals surface area (Å²) in [7, 11) is 1.97. The minimum absolute atomic E-state index is 0.0897. The van der Waals surface area contributed by atoms with Gasteiger partial charge in [0.2, 0.25) is 5.91 Å². The second kappa shape index (κ2) is 11.1. The number of hydrogen-bond acceptors (Lipinski definition) is 6. The highest BCUT2D eigenvalue weighted by Gasteiger charge is 2.13. The maximum Gasteiger partial charge on any atom is 0.236 e. The van der Waals surface area contributed by atoms with Crippen LogP contribution in [0.5, 0.6) is 0 Å². The van der Waals surface area contributed by atoms with E-state index < -0.39 is 0 Å². The molecule has 1 aromatic carbocycles. The third-order valence-electron chi connectivity index (χ3n) is 4.58. The standard InChI is InChI=1S/C21H27N5OS2/c1-3-4-5-6-10-13-18-24-25-21(26(18)2)29-15-19(27)23-20-22-17(14-28-20)16-11-8-7-9-12-16/h7-9,11-12,14H,3-6,10,13,15H2,1-2H3,(H,22,23,27). The monoisotopic (exact) mass is 429 g/mol. The molecule has 29 heavy (non-hydrogen) atoms. The smallest absolute Gasteiger partial charge is 0.236 e. The summed E-state index contributed by atoms with van der Waals surface area (Å²) in [5, 5.41) is 14.7. The molecule has 0 saturated heterocycles. The average Bonchev–Trinajstić information content (AvgIpc) is 3.34. The van der Waals surface area contributed by atoms with Gasteiger partial charge in [-0.3, -0.25) is 4.79 Å². The van der Waals surface area contributed by atoms with Crippen molar-refractivity contribution < 1.29 is 4.79 Å². The summed E-state index contributed by atoms with van der Waals surface area (Å²) >= 11 is 2.83. The van der Waals surface area contributed by atoms with Gasteiger partial charge in [0, 0.05) is 24.4 Å². The van der Waals surface area contributed by atoms with Crippen LogP contribution in [0.3, 0.4) is 0 Å². The van der Waals surface area contributed by atoms with Crippen LogP contribution >= 0.6 is 23.1 Å². The van der Waals surface area contributed by atoms with Gasteiger partial charge in [0.05, 0.1) is 11.4 Å². The Morgan fingerprint density at radius 2 is 1.93 bits per heavy atom. The maximum absolute atomic E-state index is 12.3. The van der Waals surface area contributed by atoms with E-state index in [1.165, 1.54) is 48.8 Å². The molecule has 2 aromatic heterocycles. The van der Waals surface area contributed by atoms with Gasteiger partial charge in [-0.15, -0.1) is 21.5 Å². The summed E-state index contributed by atoms with van der Waals surface area (Å²) in [5.74, 6) is 1.17. The number of thiazole rings is 1. The highest BCUT2D eigenvalue weighted by Crippen LogP contribution is 2.25. The van der Waals surface area contributed by atoms with Gasteiger partial charge in [0.1, 0.15) is 5.82 Å². The van der Waals surface area contributed by atoms with Crippen LogP contribution in [0.2, 0.25) is 0 Å². The van der Waals surface area contributed by atoms with Gasteiger partial charge < -0.3 is 9.88 Å². The van der Waals surface area contributed by atoms with Crippen molar-refractivity contribution in [3.63, 3.8) is 0 Å². The van der Waals surface area contributed by atoms with Crippen molar-refractivity contribution in [2.24, 2.45) is 7.05 Å². The lowest BCUT2D eigenvalue weighted by molar-refractivity contribution is -0.113. The number of anilines is 1. The van der Waals surface area contributed by atoms with Gasteiger partial charge in [0.15, 0.2) is 10.3 Å². The minimum Gasteiger partial charge on any atom is -0.309 e. The Morgan fingerprint density at radius 1 is 1.14 bits per heavy atom. The summed E-state index contributed by atoms with van der Waals surface area (Å²) in [6.07, 6.45) is 7.11. The lowest BCUT2D eigenvalue weighted by Gasteiger charge is -2.04. The lowest BCUT2D eigenvalue weighted by Crippen LogP contribution is -2.14. The Morgan fingerprint density at radius 3 is 2.72 bits per heavy atom. The Bertz CT molecular complexity index is 907. The zero-order chi connectivity index (χ0) is 20.5. The number of unbranched alkanes of at least 4 members (excludes halogenated alkanes) is 4. The van der Waals surface area contributed by atoms with E-state index in [0.717, 1.165) is 35.1 Å². The van der Waals surface area contributed by atoms with E-state index >= 15 is 0 Å². The summed E-state index contributed by atoms with van der Waals surface area (Å²) in [6, 6.07) is 9.94. The molecule has 0 aliphatic rings. The molecular weight excluding hydrogens is 402 g/mol. The van der Waals surface area contributed by atoms with E-state index in [4.69, 9.17) is 0 Å². The number of aryl methyl sites for hydroxylation is 1. The Hall–Kier alpha value is -2.19. The van der Waals surface area contributed by atoms with Crippen molar-refractivity contribution in [1.82, 2.24) is 19.7 Å². The first kappa shape index (κ1) is 21.5. The average molecular weight is 430 g/mol. The van der Waals surface area contributed by atoms with E-state index in [1.54, 1.807) is 0 Å². The first-order valence-corrected chi connectivity index (χ1v) is 11.9. The van der Waals surface area contributed by atoms with Gasteiger partial charge in [-0.2, -0.15) is 0 Å². The maximum atomic E-state index is 12.3. The quantitative estimate of drug-likeness (QED) is 0.336. The molecule has 0 unspecified atom stereocenters. The number of aromatic nitrogens is 4. The first-order valence-electron chi connectivity index (χ1n) is 9.99. The zero-order valence-electron chi connectivity index (χ0n) is 16.9. The van der Waals surface area contributed by atoms with Gasteiger partial charge in [-0.1, -0.05) is 74.7 Å². The van der Waals surface area contributed by atoms with Crippen molar-refractivity contribution in [2.75, 3.05) is 11.1 Å². The number of carbonyl (C=O) groups is 1. The fourth-order valence-corrected chi connectivity index (χ4v) is 4.40. The third kappa shape index (κ3) is 6.40. The molecule has 2 heterocycles. The van der Waals surface area contributed by atoms with Crippen LogP contribution in [-0.2, 0) is 18.3 Å². The first-order chi connectivity index (χ1) is 14.2. The second-order valence-electron chi connectivity index (χ2n) is 6.86. The molecule has 0 spiro atoms. The van der Waals surface area contributed by atoms with Crippen molar-refractivity contribution in [3.05, 3.63) is 41.5 Å². The zero-order valence-corrected chi connectivity index (χ0v) is 18.6. The van der Waals surface area contributed by atoms with Crippen LogP contribution in [0, 0.1) is 0 Å². The largest absolute Gasteiger partial charge is 0.309 e. The molecule has 1 amide bonds. The molecule has 154 valence electrons. The molecule has 0 bridgehead atoms. The van der Waals surface area contributed by atoms with E-state index in [2.05, 4.69) is 27.4 Å². The molecule has 0 radical (unpaired) electrons. The molecule has 6 nitrogen and oxygen atoms in total. The Balaban J connectivity index is 1.46. The fourth-order valence-electron chi connectivity index (χ4n) is 2.93. The molecule has 0 saturated carbocycles. The molecule has 0 fully saturated rings. The predicted molar refractivity (Wildman–Crippen MR) is 120 cm³/mol. The molecular formula is C21H27N5OS2. The highest BCUT2D eigenvalue weighted by molar-refractivity contribution is 7.99. The number of benzene rings is 1. The fraction of sp³-hybridized carbons (Fsp3) is 0.429. The summed E-state index contributed by atoms with van der Waals surface area (Å²) in [6.45, 7) is 2.22. The number of thioether (sulfide) groups is 1. The molecule has 0 aliphatic heterocycles. The molecule has 3 rings (SSSR count). The predicted octanol–water partition coefficient (Wildman–Crippen LogP) is 5.18. The van der Waals surface area contributed by atoms with Crippen molar-refractivity contribution in [1.29, 1.82) is 0 Å². The van der Waals surface area contributed by atoms with Crippen LogP contribution in [0.1, 0.15) is 44.9 Å².